The number of nitrogens with zero attached hydrogens (tertiary/aromatic N) is 1. The van der Waals surface area contributed by atoms with Crippen molar-refractivity contribution in [2.75, 3.05) is 26.1 Å². The van der Waals surface area contributed by atoms with Gasteiger partial charge in [0.15, 0.2) is 0 Å². The molecule has 160 valence electrons. The fourth-order valence-electron chi connectivity index (χ4n) is 3.23. The first-order valence-corrected chi connectivity index (χ1v) is 9.43. The monoisotopic (exact) mass is 424 g/mol. The van der Waals surface area contributed by atoms with Gasteiger partial charge in [0.2, 0.25) is 5.91 Å². The molecule has 1 aliphatic rings. The molecule has 3 amide bonds. The van der Waals surface area contributed by atoms with Crippen LogP contribution in [0, 0.1) is 0 Å². The lowest BCUT2D eigenvalue weighted by Crippen LogP contribution is -2.31. The van der Waals surface area contributed by atoms with E-state index in [4.69, 9.17) is 4.74 Å². The van der Waals surface area contributed by atoms with Crippen LogP contribution in [0.3, 0.4) is 0 Å². The maximum absolute atomic E-state index is 12.4. The van der Waals surface area contributed by atoms with E-state index < -0.39 is 17.8 Å². The zero-order valence-electron chi connectivity index (χ0n) is 17.0. The van der Waals surface area contributed by atoms with Crippen LogP contribution in [0.4, 0.5) is 5.69 Å². The third-order valence-electron chi connectivity index (χ3n) is 4.78. The molecule has 0 aliphatic carbocycles. The maximum atomic E-state index is 12.4. The molecule has 3 rings (SSSR count). The second-order valence-electron chi connectivity index (χ2n) is 6.70. The van der Waals surface area contributed by atoms with E-state index in [1.54, 1.807) is 24.3 Å². The van der Waals surface area contributed by atoms with Gasteiger partial charge in [0.25, 0.3) is 11.8 Å². The number of methoxy groups -OCH3 is 2. The predicted octanol–water partition coefficient (Wildman–Crippen LogP) is 2.27. The van der Waals surface area contributed by atoms with Crippen molar-refractivity contribution >= 4 is 35.3 Å². The van der Waals surface area contributed by atoms with Gasteiger partial charge in [0.05, 0.1) is 42.2 Å². The number of anilines is 1. The number of fused-ring (bicyclic) bond motifs is 1. The number of benzene rings is 2. The number of carbonyl (C=O) groups is 5. The summed E-state index contributed by atoms with van der Waals surface area (Å²) in [6.45, 7) is 0.0752. The molecule has 1 N–H and O–H groups in total. The summed E-state index contributed by atoms with van der Waals surface area (Å²) < 4.78 is 9.35. The smallest absolute Gasteiger partial charge is 0.339 e. The summed E-state index contributed by atoms with van der Waals surface area (Å²) in [6.07, 6.45) is 0.206. The number of hydrogen-bond donors (Lipinski definition) is 1. The largest absolute Gasteiger partial charge is 0.465 e. The Morgan fingerprint density at radius 2 is 1.52 bits per heavy atom. The third-order valence-corrected chi connectivity index (χ3v) is 4.78. The molecule has 0 unspecified atom stereocenters. The zero-order chi connectivity index (χ0) is 22.5. The van der Waals surface area contributed by atoms with Gasteiger partial charge >= 0.3 is 11.9 Å². The minimum Gasteiger partial charge on any atom is -0.465 e. The highest BCUT2D eigenvalue weighted by Crippen LogP contribution is 2.23. The second-order valence-corrected chi connectivity index (χ2v) is 6.70. The molecule has 0 saturated carbocycles. The average Bonchev–Trinajstić information content (AvgIpc) is 3.03. The van der Waals surface area contributed by atoms with Gasteiger partial charge in [0.1, 0.15) is 0 Å². The Labute approximate surface area is 177 Å². The Morgan fingerprint density at radius 3 is 2.10 bits per heavy atom. The van der Waals surface area contributed by atoms with Gasteiger partial charge in [-0.3, -0.25) is 19.3 Å². The summed E-state index contributed by atoms with van der Waals surface area (Å²) >= 11 is 0. The van der Waals surface area contributed by atoms with Crippen molar-refractivity contribution in [1.82, 2.24) is 4.90 Å². The summed E-state index contributed by atoms with van der Waals surface area (Å²) in [4.78, 5) is 62.0. The van der Waals surface area contributed by atoms with Gasteiger partial charge in [-0.1, -0.05) is 12.1 Å². The van der Waals surface area contributed by atoms with Crippen LogP contribution in [0.2, 0.25) is 0 Å². The topological polar surface area (TPSA) is 119 Å². The van der Waals surface area contributed by atoms with Gasteiger partial charge in [-0.05, 0) is 36.8 Å². The molecule has 0 fully saturated rings. The van der Waals surface area contributed by atoms with Gasteiger partial charge in [0, 0.05) is 13.0 Å². The lowest BCUT2D eigenvalue weighted by Gasteiger charge is -2.14. The molecule has 1 heterocycles. The Hall–Kier alpha value is -4.01. The van der Waals surface area contributed by atoms with E-state index in [-0.39, 0.29) is 48.0 Å². The molecule has 9 heteroatoms. The van der Waals surface area contributed by atoms with Crippen LogP contribution in [0.15, 0.2) is 42.5 Å². The Bertz CT molecular complexity index is 1040. The van der Waals surface area contributed by atoms with Gasteiger partial charge in [-0.15, -0.1) is 0 Å². The summed E-state index contributed by atoms with van der Waals surface area (Å²) in [5.74, 6) is -2.54. The van der Waals surface area contributed by atoms with E-state index in [0.29, 0.717) is 11.1 Å². The normalized spacial score (nSPS) is 12.4. The molecule has 9 nitrogen and oxygen atoms in total. The fraction of sp³-hybridized carbons (Fsp3) is 0.227. The molecule has 0 aromatic heterocycles. The molecule has 0 saturated heterocycles. The van der Waals surface area contributed by atoms with Crippen LogP contribution >= 0.6 is 0 Å². The van der Waals surface area contributed by atoms with Crippen molar-refractivity contribution in [3.8, 4) is 0 Å². The minimum absolute atomic E-state index is 0.0174. The molecule has 0 bridgehead atoms. The number of hydrogen-bond acceptors (Lipinski definition) is 7. The quantitative estimate of drug-likeness (QED) is 0.535. The van der Waals surface area contributed by atoms with Crippen LogP contribution in [0.25, 0.3) is 0 Å². The standard InChI is InChI=1S/C22H20N2O7/c1-30-21(28)13-9-10-16(22(29)31-2)17(12-13)23-18(25)8-5-11-24-19(26)14-6-3-4-7-15(14)20(24)27/h3-4,6-7,9-10,12H,5,8,11H2,1-2H3,(H,23,25). The van der Waals surface area contributed by atoms with Crippen molar-refractivity contribution in [3.05, 3.63) is 64.7 Å². The summed E-state index contributed by atoms with van der Waals surface area (Å²) in [5, 5.41) is 2.57. The molecule has 1 aliphatic heterocycles. The molecule has 2 aromatic carbocycles. The Kier molecular flexibility index (Phi) is 6.44. The van der Waals surface area contributed by atoms with Gasteiger partial charge in [-0.2, -0.15) is 0 Å². The van der Waals surface area contributed by atoms with E-state index in [1.807, 2.05) is 0 Å². The van der Waals surface area contributed by atoms with E-state index in [2.05, 4.69) is 10.1 Å². The first kappa shape index (κ1) is 21.7. The van der Waals surface area contributed by atoms with E-state index in [0.717, 1.165) is 4.90 Å². The van der Waals surface area contributed by atoms with Gasteiger partial charge in [-0.25, -0.2) is 9.59 Å². The highest BCUT2D eigenvalue weighted by atomic mass is 16.5. The minimum atomic E-state index is -0.683. The summed E-state index contributed by atoms with van der Waals surface area (Å²) in [5.41, 5.74) is 1.01. The Balaban J connectivity index is 1.65. The molecule has 2 aromatic rings. The number of imide groups is 1. The lowest BCUT2D eigenvalue weighted by atomic mass is 10.1. The number of ether oxygens (including phenoxy) is 2. The van der Waals surface area contributed by atoms with E-state index >= 15 is 0 Å². The van der Waals surface area contributed by atoms with E-state index in [1.165, 1.54) is 32.4 Å². The molecule has 31 heavy (non-hydrogen) atoms. The van der Waals surface area contributed by atoms with Crippen molar-refractivity contribution in [2.45, 2.75) is 12.8 Å². The molecular weight excluding hydrogens is 404 g/mol. The van der Waals surface area contributed by atoms with Crippen LogP contribution in [-0.4, -0.2) is 55.3 Å². The number of esters is 2. The highest BCUT2D eigenvalue weighted by molar-refractivity contribution is 6.21. The average molecular weight is 424 g/mol. The Morgan fingerprint density at radius 1 is 0.903 bits per heavy atom. The fourth-order valence-corrected chi connectivity index (χ4v) is 3.23. The highest BCUT2D eigenvalue weighted by Gasteiger charge is 2.34. The maximum Gasteiger partial charge on any atom is 0.339 e. The third kappa shape index (κ3) is 4.45. The van der Waals surface area contributed by atoms with Crippen LogP contribution in [-0.2, 0) is 14.3 Å². The van der Waals surface area contributed by atoms with Crippen LogP contribution in [0.5, 0.6) is 0 Å². The lowest BCUT2D eigenvalue weighted by molar-refractivity contribution is -0.116. The SMILES string of the molecule is COC(=O)c1ccc(C(=O)OC)c(NC(=O)CCCN2C(=O)c3ccccc3C2=O)c1. The van der Waals surface area contributed by atoms with Crippen molar-refractivity contribution in [1.29, 1.82) is 0 Å². The zero-order valence-corrected chi connectivity index (χ0v) is 17.0. The summed E-state index contributed by atoms with van der Waals surface area (Å²) in [7, 11) is 2.41. The molecule has 0 radical (unpaired) electrons. The van der Waals surface area contributed by atoms with Gasteiger partial charge < -0.3 is 14.8 Å². The molecule has 0 spiro atoms. The number of nitrogens with one attached hydrogen (secondary N) is 1. The molecule has 0 atom stereocenters. The molecular formula is C22H20N2O7. The van der Waals surface area contributed by atoms with Crippen LogP contribution in [0.1, 0.15) is 54.3 Å². The first-order valence-electron chi connectivity index (χ1n) is 9.43. The summed E-state index contributed by atoms with van der Waals surface area (Å²) in [6, 6.07) is 10.6. The number of rotatable bonds is 7. The van der Waals surface area contributed by atoms with Crippen LogP contribution < -0.4 is 5.32 Å². The number of amides is 3. The number of carbonyl (C=O) groups excluding carboxylic acids is 5. The second kappa shape index (κ2) is 9.21. The van der Waals surface area contributed by atoms with Crippen molar-refractivity contribution in [2.24, 2.45) is 0 Å². The van der Waals surface area contributed by atoms with Crippen molar-refractivity contribution < 1.29 is 33.4 Å². The first-order chi connectivity index (χ1) is 14.9. The van der Waals surface area contributed by atoms with E-state index in [9.17, 15) is 24.0 Å². The van der Waals surface area contributed by atoms with Crippen molar-refractivity contribution in [3.63, 3.8) is 0 Å². The predicted molar refractivity (Wildman–Crippen MR) is 109 cm³/mol.